The molecule has 7 nitrogen and oxygen atoms in total. The van der Waals surface area contributed by atoms with Crippen molar-refractivity contribution in [2.45, 2.75) is 26.3 Å². The average molecular weight is 436 g/mol. The monoisotopic (exact) mass is 435 g/mol. The van der Waals surface area contributed by atoms with Gasteiger partial charge in [-0.05, 0) is 37.1 Å². The quantitative estimate of drug-likeness (QED) is 0.628. The number of ether oxygens (including phenoxy) is 1. The molecule has 1 aliphatic heterocycles. The van der Waals surface area contributed by atoms with E-state index in [-0.39, 0.29) is 23.7 Å². The molecule has 166 valence electrons. The number of aryl methyl sites for hydroxylation is 1. The first kappa shape index (κ1) is 21.5. The second kappa shape index (κ2) is 9.64. The summed E-state index contributed by atoms with van der Waals surface area (Å²) in [6.07, 6.45) is 2.25. The van der Waals surface area contributed by atoms with E-state index in [0.717, 1.165) is 17.7 Å². The molecule has 2 heterocycles. The van der Waals surface area contributed by atoms with Gasteiger partial charge in [-0.3, -0.25) is 0 Å². The summed E-state index contributed by atoms with van der Waals surface area (Å²) >= 11 is 0. The van der Waals surface area contributed by atoms with Crippen LogP contribution in [0.2, 0.25) is 0 Å². The number of para-hydroxylation sites is 2. The van der Waals surface area contributed by atoms with Crippen molar-refractivity contribution >= 4 is 17.5 Å². The van der Waals surface area contributed by atoms with E-state index in [4.69, 9.17) is 4.74 Å². The van der Waals surface area contributed by atoms with E-state index in [1.165, 1.54) is 12.4 Å². The fourth-order valence-electron chi connectivity index (χ4n) is 3.80. The Morgan fingerprint density at radius 3 is 2.72 bits per heavy atom. The largest absolute Gasteiger partial charge is 0.436 e. The third kappa shape index (κ3) is 4.80. The SMILES string of the molecule is CCc1ccccc1NC(=O)N1CCN(c2cc(Oc3ccccc3F)ncn2)CC1C. The molecule has 1 fully saturated rings. The zero-order valence-corrected chi connectivity index (χ0v) is 18.2. The molecule has 1 saturated heterocycles. The second-order valence-electron chi connectivity index (χ2n) is 7.68. The number of aromatic nitrogens is 2. The minimum absolute atomic E-state index is 0.0246. The Morgan fingerprint density at radius 1 is 1.16 bits per heavy atom. The van der Waals surface area contributed by atoms with Crippen LogP contribution in [0, 0.1) is 5.82 Å². The molecule has 1 aromatic heterocycles. The van der Waals surface area contributed by atoms with E-state index in [2.05, 4.69) is 27.1 Å². The highest BCUT2D eigenvalue weighted by molar-refractivity contribution is 5.90. The highest BCUT2D eigenvalue weighted by atomic mass is 19.1. The van der Waals surface area contributed by atoms with Gasteiger partial charge in [0.2, 0.25) is 5.88 Å². The molecule has 1 N–H and O–H groups in total. The molecular formula is C24H26FN5O2. The normalized spacial score (nSPS) is 16.0. The molecule has 1 aliphatic rings. The van der Waals surface area contributed by atoms with Crippen molar-refractivity contribution in [2.75, 3.05) is 29.9 Å². The smallest absolute Gasteiger partial charge is 0.322 e. The Balaban J connectivity index is 1.41. The zero-order chi connectivity index (χ0) is 22.5. The maximum absolute atomic E-state index is 13.9. The van der Waals surface area contributed by atoms with Crippen LogP contribution >= 0.6 is 0 Å². The number of amides is 2. The van der Waals surface area contributed by atoms with Crippen LogP contribution in [0.5, 0.6) is 11.6 Å². The number of anilines is 2. The van der Waals surface area contributed by atoms with Gasteiger partial charge in [-0.15, -0.1) is 0 Å². The van der Waals surface area contributed by atoms with Gasteiger partial charge in [-0.25, -0.2) is 19.2 Å². The minimum atomic E-state index is -0.453. The van der Waals surface area contributed by atoms with Crippen molar-refractivity contribution in [3.8, 4) is 11.6 Å². The van der Waals surface area contributed by atoms with Crippen molar-refractivity contribution in [3.63, 3.8) is 0 Å². The van der Waals surface area contributed by atoms with Gasteiger partial charge in [-0.1, -0.05) is 37.3 Å². The van der Waals surface area contributed by atoms with E-state index in [0.29, 0.717) is 25.5 Å². The fourth-order valence-corrected chi connectivity index (χ4v) is 3.80. The highest BCUT2D eigenvalue weighted by Crippen LogP contribution is 2.26. The lowest BCUT2D eigenvalue weighted by molar-refractivity contribution is 0.184. The molecule has 4 rings (SSSR count). The van der Waals surface area contributed by atoms with E-state index in [1.807, 2.05) is 36.1 Å². The molecule has 0 spiro atoms. The van der Waals surface area contributed by atoms with Crippen LogP contribution in [0.25, 0.3) is 0 Å². The number of rotatable bonds is 5. The number of carbonyl (C=O) groups excluding carboxylic acids is 1. The molecule has 0 saturated carbocycles. The molecule has 32 heavy (non-hydrogen) atoms. The van der Waals surface area contributed by atoms with E-state index < -0.39 is 5.82 Å². The molecule has 0 bridgehead atoms. The summed E-state index contributed by atoms with van der Waals surface area (Å²) in [6.45, 7) is 5.85. The predicted octanol–water partition coefficient (Wildman–Crippen LogP) is 4.71. The van der Waals surface area contributed by atoms with Crippen molar-refractivity contribution in [2.24, 2.45) is 0 Å². The Hall–Kier alpha value is -3.68. The number of urea groups is 1. The lowest BCUT2D eigenvalue weighted by Crippen LogP contribution is -2.55. The highest BCUT2D eigenvalue weighted by Gasteiger charge is 2.28. The third-order valence-electron chi connectivity index (χ3n) is 5.53. The first-order chi connectivity index (χ1) is 15.5. The first-order valence-corrected chi connectivity index (χ1v) is 10.7. The van der Waals surface area contributed by atoms with Crippen LogP contribution in [0.15, 0.2) is 60.9 Å². The number of nitrogens with zero attached hydrogens (tertiary/aromatic N) is 4. The summed E-state index contributed by atoms with van der Waals surface area (Å²) in [5, 5.41) is 3.05. The lowest BCUT2D eigenvalue weighted by Gasteiger charge is -2.40. The topological polar surface area (TPSA) is 70.6 Å². The van der Waals surface area contributed by atoms with Crippen LogP contribution in [0.3, 0.4) is 0 Å². The second-order valence-corrected chi connectivity index (χ2v) is 7.68. The van der Waals surface area contributed by atoms with Gasteiger partial charge < -0.3 is 19.9 Å². The fraction of sp³-hybridized carbons (Fsp3) is 0.292. The van der Waals surface area contributed by atoms with Gasteiger partial charge in [0.1, 0.15) is 12.1 Å². The van der Waals surface area contributed by atoms with Crippen LogP contribution in [-0.4, -0.2) is 46.6 Å². The first-order valence-electron chi connectivity index (χ1n) is 10.7. The molecule has 1 unspecified atom stereocenters. The lowest BCUT2D eigenvalue weighted by atomic mass is 10.1. The summed E-state index contributed by atoms with van der Waals surface area (Å²) in [6, 6.07) is 15.6. The van der Waals surface area contributed by atoms with E-state index in [1.54, 1.807) is 24.3 Å². The van der Waals surface area contributed by atoms with Crippen LogP contribution < -0.4 is 15.0 Å². The Labute approximate surface area is 186 Å². The Morgan fingerprint density at radius 2 is 1.94 bits per heavy atom. The van der Waals surface area contributed by atoms with Crippen LogP contribution in [-0.2, 0) is 6.42 Å². The molecule has 1 atom stereocenters. The number of halogens is 1. The summed E-state index contributed by atoms with van der Waals surface area (Å²) in [4.78, 5) is 25.2. The summed E-state index contributed by atoms with van der Waals surface area (Å²) in [5.74, 6) is 0.601. The molecule has 2 amide bonds. The molecule has 8 heteroatoms. The molecule has 3 aromatic rings. The molecule has 0 radical (unpaired) electrons. The van der Waals surface area contributed by atoms with Gasteiger partial charge in [0.15, 0.2) is 11.6 Å². The van der Waals surface area contributed by atoms with E-state index >= 15 is 0 Å². The molecule has 0 aliphatic carbocycles. The summed E-state index contributed by atoms with van der Waals surface area (Å²) in [7, 11) is 0. The standard InChI is InChI=1S/C24H26FN5O2/c1-3-18-8-4-6-10-20(18)28-24(31)30-13-12-29(15-17(30)2)22-14-23(27-16-26-22)32-21-11-7-5-9-19(21)25/h4-11,14,16-17H,3,12-13,15H2,1-2H3,(H,28,31). The maximum atomic E-state index is 13.9. The summed E-state index contributed by atoms with van der Waals surface area (Å²) < 4.78 is 19.5. The van der Waals surface area contributed by atoms with Gasteiger partial charge in [-0.2, -0.15) is 0 Å². The number of carbonyl (C=O) groups is 1. The predicted molar refractivity (Wildman–Crippen MR) is 122 cm³/mol. The third-order valence-corrected chi connectivity index (χ3v) is 5.53. The van der Waals surface area contributed by atoms with Crippen molar-refractivity contribution in [1.29, 1.82) is 0 Å². The minimum Gasteiger partial charge on any atom is -0.436 e. The number of hydrogen-bond acceptors (Lipinski definition) is 5. The molecular weight excluding hydrogens is 409 g/mol. The van der Waals surface area contributed by atoms with Crippen molar-refractivity contribution in [3.05, 3.63) is 72.3 Å². The maximum Gasteiger partial charge on any atom is 0.322 e. The van der Waals surface area contributed by atoms with Gasteiger partial charge in [0.25, 0.3) is 0 Å². The van der Waals surface area contributed by atoms with Gasteiger partial charge in [0, 0.05) is 37.4 Å². The zero-order valence-electron chi connectivity index (χ0n) is 18.2. The van der Waals surface area contributed by atoms with Crippen LogP contribution in [0.4, 0.5) is 20.7 Å². The van der Waals surface area contributed by atoms with Gasteiger partial charge in [0.05, 0.1) is 0 Å². The number of hydrogen-bond donors (Lipinski definition) is 1. The molecule has 2 aromatic carbocycles. The summed E-state index contributed by atoms with van der Waals surface area (Å²) in [5.41, 5.74) is 1.95. The number of benzene rings is 2. The van der Waals surface area contributed by atoms with Gasteiger partial charge >= 0.3 is 6.03 Å². The number of nitrogens with one attached hydrogen (secondary N) is 1. The van der Waals surface area contributed by atoms with E-state index in [9.17, 15) is 9.18 Å². The Kier molecular flexibility index (Phi) is 6.49. The van der Waals surface area contributed by atoms with Crippen LogP contribution in [0.1, 0.15) is 19.4 Å². The van der Waals surface area contributed by atoms with Crippen molar-refractivity contribution < 1.29 is 13.9 Å². The average Bonchev–Trinajstić information content (AvgIpc) is 2.81. The number of piperazine rings is 1. The van der Waals surface area contributed by atoms with Crippen molar-refractivity contribution in [1.82, 2.24) is 14.9 Å². The Bertz CT molecular complexity index is 1090.